The van der Waals surface area contributed by atoms with Gasteiger partial charge in [-0.1, -0.05) is 39.3 Å². The van der Waals surface area contributed by atoms with Gasteiger partial charge >= 0.3 is 0 Å². The van der Waals surface area contributed by atoms with Crippen molar-refractivity contribution in [1.82, 2.24) is 0 Å². The highest BCUT2D eigenvalue weighted by atomic mass is 16.5. The van der Waals surface area contributed by atoms with E-state index in [2.05, 4.69) is 33.8 Å². The molecule has 0 aromatic heterocycles. The number of allylic oxidation sites excluding steroid dienone is 1. The lowest BCUT2D eigenvalue weighted by molar-refractivity contribution is -0.0113. The van der Waals surface area contributed by atoms with Gasteiger partial charge in [0, 0.05) is 6.61 Å². The second-order valence-corrected chi connectivity index (χ2v) is 6.54. The zero-order valence-corrected chi connectivity index (χ0v) is 11.3. The van der Waals surface area contributed by atoms with E-state index in [0.717, 1.165) is 31.5 Å². The van der Waals surface area contributed by atoms with Crippen LogP contribution in [0.25, 0.3) is 0 Å². The molecule has 1 nitrogen and oxygen atoms in total. The molecule has 0 N–H and O–H groups in total. The van der Waals surface area contributed by atoms with Gasteiger partial charge in [-0.3, -0.25) is 0 Å². The van der Waals surface area contributed by atoms with Crippen LogP contribution in [0, 0.1) is 23.2 Å². The standard InChI is InChI=1S/C15H26O/c1-11(2)10-16-8-7-12-5-6-13-9-14(12)15(13,3)4/h5,11,13-14H,6-10H2,1-4H3. The van der Waals surface area contributed by atoms with E-state index in [1.165, 1.54) is 12.8 Å². The summed E-state index contributed by atoms with van der Waals surface area (Å²) in [5.74, 6) is 2.47. The summed E-state index contributed by atoms with van der Waals surface area (Å²) in [4.78, 5) is 0. The van der Waals surface area contributed by atoms with Gasteiger partial charge in [0.25, 0.3) is 0 Å². The van der Waals surface area contributed by atoms with Gasteiger partial charge in [0.2, 0.25) is 0 Å². The lowest BCUT2D eigenvalue weighted by atomic mass is 9.48. The first-order valence-electron chi connectivity index (χ1n) is 6.78. The summed E-state index contributed by atoms with van der Waals surface area (Å²) >= 11 is 0. The fourth-order valence-corrected chi connectivity index (χ4v) is 3.27. The average molecular weight is 222 g/mol. The predicted octanol–water partition coefficient (Wildman–Crippen LogP) is 4.04. The van der Waals surface area contributed by atoms with Crippen molar-refractivity contribution in [2.45, 2.75) is 47.0 Å². The fraction of sp³-hybridized carbons (Fsp3) is 0.867. The van der Waals surface area contributed by atoms with Crippen molar-refractivity contribution in [2.75, 3.05) is 13.2 Å². The van der Waals surface area contributed by atoms with Gasteiger partial charge < -0.3 is 4.74 Å². The van der Waals surface area contributed by atoms with Gasteiger partial charge in [-0.2, -0.15) is 0 Å². The molecule has 0 radical (unpaired) electrons. The molecule has 0 heterocycles. The molecule has 1 fully saturated rings. The van der Waals surface area contributed by atoms with Crippen LogP contribution in [-0.4, -0.2) is 13.2 Å². The van der Waals surface area contributed by atoms with Gasteiger partial charge in [0.05, 0.1) is 6.61 Å². The Balaban J connectivity index is 1.76. The monoisotopic (exact) mass is 222 g/mol. The molecule has 92 valence electrons. The van der Waals surface area contributed by atoms with Gasteiger partial charge in [0.1, 0.15) is 0 Å². The van der Waals surface area contributed by atoms with Gasteiger partial charge in [0.15, 0.2) is 0 Å². The van der Waals surface area contributed by atoms with Gasteiger partial charge in [-0.25, -0.2) is 0 Å². The van der Waals surface area contributed by atoms with Crippen LogP contribution in [0.2, 0.25) is 0 Å². The van der Waals surface area contributed by atoms with Crippen LogP contribution in [0.3, 0.4) is 0 Å². The number of rotatable bonds is 5. The SMILES string of the molecule is CC(C)COCCC1=CCC2CC1C2(C)C. The van der Waals surface area contributed by atoms with E-state index in [0.29, 0.717) is 11.3 Å². The molecule has 0 saturated heterocycles. The highest BCUT2D eigenvalue weighted by Gasteiger charge is 2.50. The Morgan fingerprint density at radius 1 is 1.44 bits per heavy atom. The molecule has 0 spiro atoms. The van der Waals surface area contributed by atoms with Crippen LogP contribution >= 0.6 is 0 Å². The summed E-state index contributed by atoms with van der Waals surface area (Å²) in [6, 6.07) is 0. The van der Waals surface area contributed by atoms with Crippen LogP contribution < -0.4 is 0 Å². The van der Waals surface area contributed by atoms with E-state index >= 15 is 0 Å². The lowest BCUT2D eigenvalue weighted by Crippen LogP contribution is -2.48. The zero-order chi connectivity index (χ0) is 11.8. The lowest BCUT2D eigenvalue weighted by Gasteiger charge is -2.56. The van der Waals surface area contributed by atoms with Gasteiger partial charge in [-0.05, 0) is 42.4 Å². The molecular weight excluding hydrogens is 196 g/mol. The summed E-state index contributed by atoms with van der Waals surface area (Å²) in [6.45, 7) is 11.1. The Hall–Kier alpha value is -0.300. The molecule has 0 aromatic carbocycles. The molecule has 1 heteroatoms. The third-order valence-corrected chi connectivity index (χ3v) is 4.57. The van der Waals surface area contributed by atoms with Gasteiger partial charge in [-0.15, -0.1) is 0 Å². The number of hydrogen-bond acceptors (Lipinski definition) is 1. The van der Waals surface area contributed by atoms with Crippen LogP contribution in [0.1, 0.15) is 47.0 Å². The molecule has 16 heavy (non-hydrogen) atoms. The van der Waals surface area contributed by atoms with Crippen molar-refractivity contribution >= 4 is 0 Å². The van der Waals surface area contributed by atoms with Crippen molar-refractivity contribution in [3.8, 4) is 0 Å². The summed E-state index contributed by atoms with van der Waals surface area (Å²) in [6.07, 6.45) is 6.39. The second-order valence-electron chi connectivity index (χ2n) is 6.54. The first kappa shape index (κ1) is 12.2. The normalized spacial score (nSPS) is 31.2. The number of ether oxygens (including phenoxy) is 1. The fourth-order valence-electron chi connectivity index (χ4n) is 3.27. The van der Waals surface area contributed by atoms with Crippen LogP contribution in [0.4, 0.5) is 0 Å². The van der Waals surface area contributed by atoms with Crippen molar-refractivity contribution in [1.29, 1.82) is 0 Å². The van der Waals surface area contributed by atoms with E-state index < -0.39 is 0 Å². The summed E-state index contributed by atoms with van der Waals surface area (Å²) in [5, 5.41) is 0. The third-order valence-electron chi connectivity index (χ3n) is 4.57. The molecule has 1 saturated carbocycles. The minimum atomic E-state index is 0.572. The Morgan fingerprint density at radius 3 is 2.75 bits per heavy atom. The van der Waals surface area contributed by atoms with Crippen molar-refractivity contribution in [2.24, 2.45) is 23.2 Å². The van der Waals surface area contributed by atoms with Crippen LogP contribution in [0.5, 0.6) is 0 Å². The maximum atomic E-state index is 5.69. The molecule has 2 atom stereocenters. The van der Waals surface area contributed by atoms with E-state index in [1.807, 2.05) is 0 Å². The first-order chi connectivity index (χ1) is 7.51. The largest absolute Gasteiger partial charge is 0.381 e. The molecule has 2 bridgehead atoms. The summed E-state index contributed by atoms with van der Waals surface area (Å²) < 4.78 is 5.69. The average Bonchev–Trinajstić information content (AvgIpc) is 2.24. The maximum Gasteiger partial charge on any atom is 0.0503 e. The Morgan fingerprint density at radius 2 is 2.19 bits per heavy atom. The van der Waals surface area contributed by atoms with Crippen molar-refractivity contribution in [3.05, 3.63) is 11.6 Å². The van der Waals surface area contributed by atoms with Crippen LogP contribution in [0.15, 0.2) is 11.6 Å². The minimum absolute atomic E-state index is 0.572. The molecule has 0 amide bonds. The van der Waals surface area contributed by atoms with Crippen molar-refractivity contribution in [3.63, 3.8) is 0 Å². The minimum Gasteiger partial charge on any atom is -0.381 e. The van der Waals surface area contributed by atoms with E-state index in [9.17, 15) is 0 Å². The third kappa shape index (κ3) is 2.20. The smallest absolute Gasteiger partial charge is 0.0503 e. The molecule has 3 rings (SSSR count). The van der Waals surface area contributed by atoms with Crippen LogP contribution in [-0.2, 0) is 4.74 Å². The quantitative estimate of drug-likeness (QED) is 0.504. The topological polar surface area (TPSA) is 9.23 Å². The first-order valence-corrected chi connectivity index (χ1v) is 6.78. The predicted molar refractivity (Wildman–Crippen MR) is 68.4 cm³/mol. The highest BCUT2D eigenvalue weighted by molar-refractivity contribution is 5.23. The second kappa shape index (κ2) is 4.52. The Labute approximate surface area is 100 Å². The molecule has 3 aliphatic rings. The maximum absolute atomic E-state index is 5.69. The number of hydrogen-bond donors (Lipinski definition) is 0. The highest BCUT2D eigenvalue weighted by Crippen LogP contribution is 2.59. The Bertz CT molecular complexity index is 275. The number of fused-ring (bicyclic) bond motifs is 1. The molecule has 2 unspecified atom stereocenters. The molecule has 3 aliphatic carbocycles. The molecule has 0 aromatic rings. The van der Waals surface area contributed by atoms with E-state index in [1.54, 1.807) is 5.57 Å². The van der Waals surface area contributed by atoms with E-state index in [-0.39, 0.29) is 0 Å². The summed E-state index contributed by atoms with van der Waals surface area (Å²) in [5.41, 5.74) is 2.25. The molecule has 0 aliphatic heterocycles. The summed E-state index contributed by atoms with van der Waals surface area (Å²) in [7, 11) is 0. The van der Waals surface area contributed by atoms with Crippen molar-refractivity contribution < 1.29 is 4.74 Å². The zero-order valence-electron chi connectivity index (χ0n) is 11.3. The van der Waals surface area contributed by atoms with E-state index in [4.69, 9.17) is 4.74 Å². The Kier molecular flexibility index (Phi) is 3.44. The molecular formula is C15H26O.